The molecule has 1 aliphatic rings. The van der Waals surface area contributed by atoms with Gasteiger partial charge in [-0.15, -0.1) is 0 Å². The lowest BCUT2D eigenvalue weighted by atomic mass is 9.95. The van der Waals surface area contributed by atoms with Gasteiger partial charge >= 0.3 is 0 Å². The van der Waals surface area contributed by atoms with Gasteiger partial charge < -0.3 is 10.1 Å². The second kappa shape index (κ2) is 7.73. The van der Waals surface area contributed by atoms with Crippen molar-refractivity contribution in [2.75, 3.05) is 6.61 Å². The van der Waals surface area contributed by atoms with E-state index in [2.05, 4.69) is 5.32 Å². The van der Waals surface area contributed by atoms with Crippen LogP contribution in [0.15, 0.2) is 30.3 Å². The van der Waals surface area contributed by atoms with Crippen molar-refractivity contribution >= 4 is 12.0 Å². The Kier molecular flexibility index (Phi) is 5.66. The average molecular weight is 273 g/mol. The third kappa shape index (κ3) is 4.41. The highest BCUT2D eigenvalue weighted by molar-refractivity contribution is 5.92. The average Bonchev–Trinajstić information content (AvgIpc) is 2.48. The molecule has 3 heteroatoms. The maximum absolute atomic E-state index is 11.9. The standard InChI is InChI=1S/C17H23NO2/c1-2-20-16-11-7-6-8-14(16)12-13-17(19)18-15-9-4-3-5-10-15/h6-8,11-13,15H,2-5,9-10H2,1H3,(H,18,19)/b13-12+. The van der Waals surface area contributed by atoms with Crippen LogP contribution in [0.1, 0.15) is 44.6 Å². The summed E-state index contributed by atoms with van der Waals surface area (Å²) in [6.07, 6.45) is 9.38. The van der Waals surface area contributed by atoms with E-state index in [4.69, 9.17) is 4.74 Å². The molecule has 0 unspecified atom stereocenters. The van der Waals surface area contributed by atoms with Gasteiger partial charge in [0.1, 0.15) is 5.75 Å². The molecule has 0 aromatic heterocycles. The topological polar surface area (TPSA) is 38.3 Å². The first-order valence-electron chi connectivity index (χ1n) is 7.50. The molecule has 1 aliphatic carbocycles. The monoisotopic (exact) mass is 273 g/mol. The molecule has 2 rings (SSSR count). The summed E-state index contributed by atoms with van der Waals surface area (Å²) >= 11 is 0. The molecule has 0 spiro atoms. The summed E-state index contributed by atoms with van der Waals surface area (Å²) in [6, 6.07) is 8.10. The van der Waals surface area contributed by atoms with Gasteiger partial charge in [-0.3, -0.25) is 4.79 Å². The van der Waals surface area contributed by atoms with E-state index < -0.39 is 0 Å². The van der Waals surface area contributed by atoms with Crippen molar-refractivity contribution in [3.63, 3.8) is 0 Å². The van der Waals surface area contributed by atoms with Gasteiger partial charge in [0.15, 0.2) is 0 Å². The minimum absolute atomic E-state index is 0.0109. The maximum atomic E-state index is 11.9. The van der Waals surface area contributed by atoms with Gasteiger partial charge in [0, 0.05) is 17.7 Å². The molecule has 1 N–H and O–H groups in total. The van der Waals surface area contributed by atoms with Gasteiger partial charge in [-0.05, 0) is 31.9 Å². The minimum atomic E-state index is -0.0109. The molecule has 0 bridgehead atoms. The predicted molar refractivity (Wildman–Crippen MR) is 81.7 cm³/mol. The fourth-order valence-corrected chi connectivity index (χ4v) is 2.57. The highest BCUT2D eigenvalue weighted by Crippen LogP contribution is 2.20. The number of ether oxygens (including phenoxy) is 1. The molecule has 1 fully saturated rings. The highest BCUT2D eigenvalue weighted by atomic mass is 16.5. The Morgan fingerprint density at radius 3 is 2.80 bits per heavy atom. The van der Waals surface area contributed by atoms with Crippen LogP contribution < -0.4 is 10.1 Å². The molecule has 108 valence electrons. The minimum Gasteiger partial charge on any atom is -0.493 e. The van der Waals surface area contributed by atoms with Gasteiger partial charge in [0.2, 0.25) is 5.91 Å². The fourth-order valence-electron chi connectivity index (χ4n) is 2.57. The van der Waals surface area contributed by atoms with E-state index in [1.165, 1.54) is 19.3 Å². The maximum Gasteiger partial charge on any atom is 0.244 e. The van der Waals surface area contributed by atoms with Crippen LogP contribution in [0.5, 0.6) is 5.75 Å². The zero-order chi connectivity index (χ0) is 14.2. The molecule has 20 heavy (non-hydrogen) atoms. The SMILES string of the molecule is CCOc1ccccc1/C=C/C(=O)NC1CCCCC1. The molecule has 1 saturated carbocycles. The normalized spacial score (nSPS) is 16.2. The molecule has 0 saturated heterocycles. The number of hydrogen-bond donors (Lipinski definition) is 1. The summed E-state index contributed by atoms with van der Waals surface area (Å²) < 4.78 is 5.54. The third-order valence-electron chi connectivity index (χ3n) is 3.58. The molecular weight excluding hydrogens is 250 g/mol. The van der Waals surface area contributed by atoms with E-state index in [-0.39, 0.29) is 5.91 Å². The number of carbonyl (C=O) groups is 1. The van der Waals surface area contributed by atoms with Crippen LogP contribution in [-0.2, 0) is 4.79 Å². The van der Waals surface area contributed by atoms with Crippen molar-refractivity contribution in [3.05, 3.63) is 35.9 Å². The lowest BCUT2D eigenvalue weighted by molar-refractivity contribution is -0.117. The fraction of sp³-hybridized carbons (Fsp3) is 0.471. The van der Waals surface area contributed by atoms with Gasteiger partial charge in [-0.2, -0.15) is 0 Å². The number of para-hydroxylation sites is 1. The Hall–Kier alpha value is -1.77. The largest absolute Gasteiger partial charge is 0.493 e. The molecule has 0 aliphatic heterocycles. The van der Waals surface area contributed by atoms with Crippen LogP contribution in [0.3, 0.4) is 0 Å². The third-order valence-corrected chi connectivity index (χ3v) is 3.58. The van der Waals surface area contributed by atoms with Crippen molar-refractivity contribution < 1.29 is 9.53 Å². The summed E-state index contributed by atoms with van der Waals surface area (Å²) in [4.78, 5) is 11.9. The molecule has 1 aromatic rings. The molecule has 0 radical (unpaired) electrons. The Morgan fingerprint density at radius 1 is 1.30 bits per heavy atom. The van der Waals surface area contributed by atoms with Crippen molar-refractivity contribution in [3.8, 4) is 5.75 Å². The molecular formula is C17H23NO2. The van der Waals surface area contributed by atoms with Gasteiger partial charge in [0.25, 0.3) is 0 Å². The number of hydrogen-bond acceptors (Lipinski definition) is 2. The predicted octanol–water partition coefficient (Wildman–Crippen LogP) is 3.55. The zero-order valence-corrected chi connectivity index (χ0v) is 12.1. The molecule has 0 heterocycles. The molecule has 3 nitrogen and oxygen atoms in total. The zero-order valence-electron chi connectivity index (χ0n) is 12.1. The van der Waals surface area contributed by atoms with E-state index >= 15 is 0 Å². The Bertz CT molecular complexity index is 462. The van der Waals surface area contributed by atoms with Crippen LogP contribution in [0.25, 0.3) is 6.08 Å². The lowest BCUT2D eigenvalue weighted by Gasteiger charge is -2.21. The second-order valence-electron chi connectivity index (χ2n) is 5.15. The van der Waals surface area contributed by atoms with Crippen molar-refractivity contribution in [2.24, 2.45) is 0 Å². The first kappa shape index (κ1) is 14.6. The van der Waals surface area contributed by atoms with E-state index in [1.807, 2.05) is 37.3 Å². The van der Waals surface area contributed by atoms with Gasteiger partial charge in [0.05, 0.1) is 6.61 Å². The Labute approximate surface area is 121 Å². The first-order valence-corrected chi connectivity index (χ1v) is 7.50. The quantitative estimate of drug-likeness (QED) is 0.833. The van der Waals surface area contributed by atoms with Crippen LogP contribution in [-0.4, -0.2) is 18.6 Å². The Balaban J connectivity index is 1.92. The van der Waals surface area contributed by atoms with Crippen LogP contribution in [0, 0.1) is 0 Å². The Morgan fingerprint density at radius 2 is 2.05 bits per heavy atom. The number of benzene rings is 1. The smallest absolute Gasteiger partial charge is 0.244 e. The van der Waals surface area contributed by atoms with Crippen molar-refractivity contribution in [2.45, 2.75) is 45.1 Å². The first-order chi connectivity index (χ1) is 9.79. The van der Waals surface area contributed by atoms with Crippen LogP contribution in [0.2, 0.25) is 0 Å². The highest BCUT2D eigenvalue weighted by Gasteiger charge is 2.14. The lowest BCUT2D eigenvalue weighted by Crippen LogP contribution is -2.34. The summed E-state index contributed by atoms with van der Waals surface area (Å²) in [5.74, 6) is 0.805. The number of nitrogens with one attached hydrogen (secondary N) is 1. The van der Waals surface area contributed by atoms with Crippen LogP contribution >= 0.6 is 0 Å². The van der Waals surface area contributed by atoms with Crippen molar-refractivity contribution in [1.82, 2.24) is 5.32 Å². The van der Waals surface area contributed by atoms with E-state index in [0.717, 1.165) is 24.2 Å². The summed E-state index contributed by atoms with van der Waals surface area (Å²) in [5, 5.41) is 3.07. The van der Waals surface area contributed by atoms with Gasteiger partial charge in [-0.1, -0.05) is 37.5 Å². The van der Waals surface area contributed by atoms with Gasteiger partial charge in [-0.25, -0.2) is 0 Å². The van der Waals surface area contributed by atoms with E-state index in [0.29, 0.717) is 12.6 Å². The summed E-state index contributed by atoms with van der Waals surface area (Å²) in [6.45, 7) is 2.58. The molecule has 1 aromatic carbocycles. The number of rotatable bonds is 5. The number of carbonyl (C=O) groups excluding carboxylic acids is 1. The van der Waals surface area contributed by atoms with E-state index in [9.17, 15) is 4.79 Å². The summed E-state index contributed by atoms with van der Waals surface area (Å²) in [7, 11) is 0. The van der Waals surface area contributed by atoms with Crippen LogP contribution in [0.4, 0.5) is 0 Å². The van der Waals surface area contributed by atoms with E-state index in [1.54, 1.807) is 6.08 Å². The summed E-state index contributed by atoms with van der Waals surface area (Å²) in [5.41, 5.74) is 0.938. The number of amides is 1. The second-order valence-corrected chi connectivity index (χ2v) is 5.15. The van der Waals surface area contributed by atoms with Crippen molar-refractivity contribution in [1.29, 1.82) is 0 Å². The molecule has 0 atom stereocenters. The molecule has 1 amide bonds.